The fraction of sp³-hybridized carbons (Fsp3) is 0.800. The Hall–Kier alpha value is -1.10. The molecule has 1 saturated heterocycles. The van der Waals surface area contributed by atoms with Gasteiger partial charge in [0.05, 0.1) is 6.42 Å². The Balaban J connectivity index is 2.01. The SMILES string of the molecule is O=C(O)CN1OC2(CCCCC2)CC1=O. The van der Waals surface area contributed by atoms with Gasteiger partial charge in [-0.1, -0.05) is 19.3 Å². The number of carbonyl (C=O) groups is 2. The highest BCUT2D eigenvalue weighted by Crippen LogP contribution is 2.39. The normalized spacial score (nSPS) is 24.8. The highest BCUT2D eigenvalue weighted by molar-refractivity contribution is 5.82. The van der Waals surface area contributed by atoms with Gasteiger partial charge in [-0.25, -0.2) is 5.06 Å². The van der Waals surface area contributed by atoms with Crippen LogP contribution in [0.15, 0.2) is 0 Å². The van der Waals surface area contributed by atoms with Crippen molar-refractivity contribution in [1.82, 2.24) is 5.06 Å². The van der Waals surface area contributed by atoms with E-state index in [9.17, 15) is 9.59 Å². The maximum atomic E-state index is 11.5. The summed E-state index contributed by atoms with van der Waals surface area (Å²) in [6.07, 6.45) is 5.39. The van der Waals surface area contributed by atoms with Crippen LogP contribution in [-0.4, -0.2) is 34.2 Å². The van der Waals surface area contributed by atoms with Crippen molar-refractivity contribution >= 4 is 11.9 Å². The van der Waals surface area contributed by atoms with E-state index in [1.165, 1.54) is 6.42 Å². The van der Waals surface area contributed by atoms with Crippen LogP contribution in [-0.2, 0) is 14.4 Å². The molecule has 15 heavy (non-hydrogen) atoms. The molecule has 1 saturated carbocycles. The number of amides is 1. The average molecular weight is 213 g/mol. The molecule has 2 aliphatic rings. The third-order valence-corrected chi connectivity index (χ3v) is 3.10. The molecule has 1 heterocycles. The van der Waals surface area contributed by atoms with E-state index in [0.717, 1.165) is 30.7 Å². The molecule has 0 radical (unpaired) electrons. The lowest BCUT2D eigenvalue weighted by Gasteiger charge is -2.31. The zero-order valence-corrected chi connectivity index (χ0v) is 8.57. The first-order valence-electron chi connectivity index (χ1n) is 5.33. The predicted molar refractivity (Wildman–Crippen MR) is 50.9 cm³/mol. The van der Waals surface area contributed by atoms with E-state index in [1.807, 2.05) is 0 Å². The van der Waals surface area contributed by atoms with Crippen LogP contribution in [0.1, 0.15) is 38.5 Å². The topological polar surface area (TPSA) is 66.8 Å². The molecule has 2 fully saturated rings. The van der Waals surface area contributed by atoms with E-state index >= 15 is 0 Å². The molecule has 0 aromatic carbocycles. The Morgan fingerprint density at radius 3 is 2.67 bits per heavy atom. The van der Waals surface area contributed by atoms with Crippen LogP contribution in [0.2, 0.25) is 0 Å². The molecular formula is C10H15NO4. The number of aliphatic carboxylic acids is 1. The van der Waals surface area contributed by atoms with Gasteiger partial charge >= 0.3 is 5.97 Å². The molecule has 0 bridgehead atoms. The minimum absolute atomic E-state index is 0.195. The van der Waals surface area contributed by atoms with Crippen molar-refractivity contribution in [1.29, 1.82) is 0 Å². The number of hydroxylamine groups is 2. The van der Waals surface area contributed by atoms with Crippen molar-refractivity contribution in [3.8, 4) is 0 Å². The molecule has 2 rings (SSSR count). The van der Waals surface area contributed by atoms with Gasteiger partial charge in [-0.2, -0.15) is 0 Å². The van der Waals surface area contributed by atoms with Crippen LogP contribution in [0.4, 0.5) is 0 Å². The standard InChI is InChI=1S/C10H15NO4/c12-8-6-10(4-2-1-3-5-10)15-11(8)7-9(13)14/h1-7H2,(H,13,14). The fourth-order valence-electron chi connectivity index (χ4n) is 2.39. The van der Waals surface area contributed by atoms with E-state index in [4.69, 9.17) is 9.94 Å². The Bertz CT molecular complexity index is 283. The van der Waals surface area contributed by atoms with Crippen molar-refractivity contribution in [2.45, 2.75) is 44.1 Å². The number of carbonyl (C=O) groups excluding carboxylic acids is 1. The number of carboxylic acid groups (broad SMARTS) is 1. The third kappa shape index (κ3) is 2.12. The molecule has 1 aliphatic heterocycles. The quantitative estimate of drug-likeness (QED) is 0.741. The van der Waals surface area contributed by atoms with E-state index in [-0.39, 0.29) is 18.1 Å². The van der Waals surface area contributed by atoms with Crippen LogP contribution in [0.3, 0.4) is 0 Å². The summed E-state index contributed by atoms with van der Waals surface area (Å²) in [5.74, 6) is -1.23. The van der Waals surface area contributed by atoms with E-state index in [1.54, 1.807) is 0 Å². The molecule has 1 N–H and O–H groups in total. The first kappa shape index (κ1) is 10.4. The summed E-state index contributed by atoms with van der Waals surface area (Å²) in [6, 6.07) is 0. The average Bonchev–Trinajstić information content (AvgIpc) is 2.43. The molecule has 84 valence electrons. The summed E-state index contributed by atoms with van der Waals surface area (Å²) in [5, 5.41) is 9.61. The summed E-state index contributed by atoms with van der Waals surface area (Å²) in [4.78, 5) is 27.5. The highest BCUT2D eigenvalue weighted by atomic mass is 16.7. The summed E-state index contributed by atoms with van der Waals surface area (Å²) < 4.78 is 0. The third-order valence-electron chi connectivity index (χ3n) is 3.10. The molecule has 1 aliphatic carbocycles. The van der Waals surface area contributed by atoms with Gasteiger partial charge in [0.15, 0.2) is 0 Å². The van der Waals surface area contributed by atoms with Crippen LogP contribution >= 0.6 is 0 Å². The van der Waals surface area contributed by atoms with Gasteiger partial charge in [0.1, 0.15) is 12.1 Å². The summed E-state index contributed by atoms with van der Waals surface area (Å²) in [5.41, 5.74) is -0.384. The van der Waals surface area contributed by atoms with Gasteiger partial charge in [0.25, 0.3) is 0 Å². The van der Waals surface area contributed by atoms with Gasteiger partial charge in [0, 0.05) is 0 Å². The maximum Gasteiger partial charge on any atom is 0.325 e. The minimum atomic E-state index is -1.03. The Morgan fingerprint density at radius 2 is 2.07 bits per heavy atom. The number of hydrogen-bond donors (Lipinski definition) is 1. The van der Waals surface area contributed by atoms with E-state index in [0.29, 0.717) is 6.42 Å². The fourth-order valence-corrected chi connectivity index (χ4v) is 2.39. The number of hydrogen-bond acceptors (Lipinski definition) is 3. The second-order valence-corrected chi connectivity index (χ2v) is 4.34. The second-order valence-electron chi connectivity index (χ2n) is 4.34. The molecule has 0 aromatic heterocycles. The van der Waals surface area contributed by atoms with Crippen molar-refractivity contribution < 1.29 is 19.5 Å². The summed E-state index contributed by atoms with van der Waals surface area (Å²) in [6.45, 7) is -0.347. The number of rotatable bonds is 2. The minimum Gasteiger partial charge on any atom is -0.480 e. The molecule has 5 nitrogen and oxygen atoms in total. The first-order valence-corrected chi connectivity index (χ1v) is 5.33. The summed E-state index contributed by atoms with van der Waals surface area (Å²) >= 11 is 0. The lowest BCUT2D eigenvalue weighted by atomic mass is 9.83. The van der Waals surface area contributed by atoms with Crippen LogP contribution in [0.5, 0.6) is 0 Å². The smallest absolute Gasteiger partial charge is 0.325 e. The molecule has 0 aromatic rings. The van der Waals surface area contributed by atoms with E-state index in [2.05, 4.69) is 0 Å². The predicted octanol–water partition coefficient (Wildman–Crippen LogP) is 0.938. The number of carboxylic acids is 1. The van der Waals surface area contributed by atoms with Crippen molar-refractivity contribution in [2.24, 2.45) is 0 Å². The van der Waals surface area contributed by atoms with Gasteiger partial charge in [0.2, 0.25) is 5.91 Å². The van der Waals surface area contributed by atoms with Crippen LogP contribution < -0.4 is 0 Å². The van der Waals surface area contributed by atoms with Gasteiger partial charge in [-0.05, 0) is 12.8 Å². The van der Waals surface area contributed by atoms with Crippen molar-refractivity contribution in [2.75, 3.05) is 6.54 Å². The largest absolute Gasteiger partial charge is 0.480 e. The zero-order chi connectivity index (χ0) is 10.9. The Kier molecular flexibility index (Phi) is 2.65. The molecule has 0 atom stereocenters. The Morgan fingerprint density at radius 1 is 1.40 bits per heavy atom. The lowest BCUT2D eigenvalue weighted by Crippen LogP contribution is -2.35. The van der Waals surface area contributed by atoms with Crippen LogP contribution in [0.25, 0.3) is 0 Å². The number of nitrogens with zero attached hydrogens (tertiary/aromatic N) is 1. The Labute approximate surface area is 88.0 Å². The molecular weight excluding hydrogens is 198 g/mol. The second kappa shape index (κ2) is 3.81. The maximum absolute atomic E-state index is 11.5. The van der Waals surface area contributed by atoms with E-state index < -0.39 is 5.97 Å². The highest BCUT2D eigenvalue weighted by Gasteiger charge is 2.45. The zero-order valence-electron chi connectivity index (χ0n) is 8.57. The summed E-state index contributed by atoms with van der Waals surface area (Å²) in [7, 11) is 0. The lowest BCUT2D eigenvalue weighted by molar-refractivity contribution is -0.210. The molecule has 0 unspecified atom stereocenters. The molecule has 1 amide bonds. The van der Waals surface area contributed by atoms with Crippen LogP contribution in [0, 0.1) is 0 Å². The van der Waals surface area contributed by atoms with Gasteiger partial charge in [-0.15, -0.1) is 0 Å². The van der Waals surface area contributed by atoms with Gasteiger partial charge < -0.3 is 5.11 Å². The molecule has 5 heteroatoms. The van der Waals surface area contributed by atoms with Gasteiger partial charge in [-0.3, -0.25) is 14.4 Å². The van der Waals surface area contributed by atoms with Crippen molar-refractivity contribution in [3.63, 3.8) is 0 Å². The first-order chi connectivity index (χ1) is 7.11. The monoisotopic (exact) mass is 213 g/mol. The van der Waals surface area contributed by atoms with Crippen molar-refractivity contribution in [3.05, 3.63) is 0 Å². The molecule has 1 spiro atoms.